The van der Waals surface area contributed by atoms with Crippen LogP contribution in [0.4, 0.5) is 0 Å². The van der Waals surface area contributed by atoms with Crippen LogP contribution in [0.15, 0.2) is 30.3 Å². The molecule has 0 spiro atoms. The molecule has 94 valence electrons. The highest BCUT2D eigenvalue weighted by atomic mass is 28.1. The van der Waals surface area contributed by atoms with Gasteiger partial charge in [-0.15, -0.1) is 0 Å². The van der Waals surface area contributed by atoms with Crippen molar-refractivity contribution >= 4 is 10.2 Å². The molecule has 1 fully saturated rings. The topological polar surface area (TPSA) is 9.23 Å². The molecule has 0 saturated carbocycles. The van der Waals surface area contributed by atoms with Crippen LogP contribution in [0.3, 0.4) is 0 Å². The maximum absolute atomic E-state index is 6.16. The molecule has 2 rings (SSSR count). The van der Waals surface area contributed by atoms with E-state index < -0.39 is 0 Å². The van der Waals surface area contributed by atoms with Crippen LogP contribution in [0.2, 0.25) is 0 Å². The van der Waals surface area contributed by atoms with Crippen molar-refractivity contribution in [3.05, 3.63) is 35.9 Å². The molecule has 0 amide bonds. The van der Waals surface area contributed by atoms with Gasteiger partial charge in [-0.2, -0.15) is 0 Å². The van der Waals surface area contributed by atoms with Gasteiger partial charge in [0.2, 0.25) is 0 Å². The Morgan fingerprint density at radius 3 is 2.53 bits per heavy atom. The van der Waals surface area contributed by atoms with Gasteiger partial charge in [-0.3, -0.25) is 0 Å². The molecule has 1 aliphatic heterocycles. The second-order valence-corrected chi connectivity index (χ2v) is 7.70. The third-order valence-electron chi connectivity index (χ3n) is 4.39. The minimum atomic E-state index is 0.168. The number of ether oxygens (including phenoxy) is 1. The number of rotatable bonds is 3. The van der Waals surface area contributed by atoms with Crippen LogP contribution in [-0.2, 0) is 11.2 Å². The highest BCUT2D eigenvalue weighted by Crippen LogP contribution is 2.40. The first-order valence-electron chi connectivity index (χ1n) is 6.71. The summed E-state index contributed by atoms with van der Waals surface area (Å²) in [4.78, 5) is 0. The first-order chi connectivity index (χ1) is 8.04. The van der Waals surface area contributed by atoms with E-state index in [1.165, 1.54) is 24.8 Å². The van der Waals surface area contributed by atoms with E-state index in [4.69, 9.17) is 4.74 Å². The van der Waals surface area contributed by atoms with Gasteiger partial charge in [0, 0.05) is 16.8 Å². The standard InChI is InChI=1S/C15H24OSi/c1-14(2,12-13-8-4-3-5-9-13)15(17)10-6-7-11-16-15/h3-5,8-9H,6-7,10-12H2,1-2,17H3. The smallest absolute Gasteiger partial charge is 0.0538 e. The average Bonchev–Trinajstić information content (AvgIpc) is 2.30. The van der Waals surface area contributed by atoms with Gasteiger partial charge >= 0.3 is 0 Å². The first kappa shape index (κ1) is 12.8. The Balaban J connectivity index is 2.12. The zero-order valence-electron chi connectivity index (χ0n) is 11.3. The van der Waals surface area contributed by atoms with E-state index in [1.54, 1.807) is 0 Å². The maximum Gasteiger partial charge on any atom is 0.0538 e. The Hall–Kier alpha value is -0.603. The summed E-state index contributed by atoms with van der Waals surface area (Å²) < 4.78 is 6.16. The fraction of sp³-hybridized carbons (Fsp3) is 0.600. The molecular formula is C15H24OSi. The maximum atomic E-state index is 6.16. The molecule has 0 bridgehead atoms. The fourth-order valence-corrected chi connectivity index (χ4v) is 3.50. The van der Waals surface area contributed by atoms with Crippen LogP contribution in [0, 0.1) is 5.41 Å². The Labute approximate surface area is 108 Å². The van der Waals surface area contributed by atoms with Gasteiger partial charge in [0.25, 0.3) is 0 Å². The molecular weight excluding hydrogens is 224 g/mol. The second kappa shape index (κ2) is 4.95. The zero-order chi connectivity index (χ0) is 12.4. The SMILES string of the molecule is CC(C)(Cc1ccccc1)C1([SiH3])CCCCO1. The average molecular weight is 248 g/mol. The molecule has 17 heavy (non-hydrogen) atoms. The predicted molar refractivity (Wildman–Crippen MR) is 76.4 cm³/mol. The second-order valence-electron chi connectivity index (χ2n) is 6.08. The molecule has 1 aliphatic rings. The van der Waals surface area contributed by atoms with E-state index in [2.05, 4.69) is 44.2 Å². The lowest BCUT2D eigenvalue weighted by molar-refractivity contribution is -0.0894. The van der Waals surface area contributed by atoms with Crippen molar-refractivity contribution in [2.75, 3.05) is 6.61 Å². The number of hydrogen-bond acceptors (Lipinski definition) is 1. The molecule has 0 N–H and O–H groups in total. The summed E-state index contributed by atoms with van der Waals surface area (Å²) in [5.41, 5.74) is 1.68. The van der Waals surface area contributed by atoms with Gasteiger partial charge in [-0.05, 0) is 36.7 Å². The van der Waals surface area contributed by atoms with Crippen LogP contribution in [0.5, 0.6) is 0 Å². The molecule has 0 aromatic heterocycles. The number of benzene rings is 1. The lowest BCUT2D eigenvalue weighted by Gasteiger charge is -2.47. The van der Waals surface area contributed by atoms with Crippen LogP contribution < -0.4 is 0 Å². The van der Waals surface area contributed by atoms with Crippen molar-refractivity contribution in [1.82, 2.24) is 0 Å². The summed E-state index contributed by atoms with van der Waals surface area (Å²) in [7, 11) is 1.13. The molecule has 1 saturated heterocycles. The summed E-state index contributed by atoms with van der Waals surface area (Å²) in [5, 5.41) is 0.168. The fourth-order valence-electron chi connectivity index (χ4n) is 2.76. The van der Waals surface area contributed by atoms with E-state index in [9.17, 15) is 0 Å². The van der Waals surface area contributed by atoms with Crippen LogP contribution in [-0.4, -0.2) is 22.1 Å². The highest BCUT2D eigenvalue weighted by Gasteiger charge is 2.42. The van der Waals surface area contributed by atoms with Gasteiger partial charge in [-0.25, -0.2) is 0 Å². The lowest BCUT2D eigenvalue weighted by Crippen LogP contribution is -2.50. The van der Waals surface area contributed by atoms with Crippen molar-refractivity contribution in [3.63, 3.8) is 0 Å². The van der Waals surface area contributed by atoms with Crippen molar-refractivity contribution in [1.29, 1.82) is 0 Å². The Bertz CT molecular complexity index is 352. The minimum Gasteiger partial charge on any atom is -0.379 e. The van der Waals surface area contributed by atoms with Gasteiger partial charge in [0.1, 0.15) is 0 Å². The summed E-state index contributed by atoms with van der Waals surface area (Å²) in [5.74, 6) is 0. The highest BCUT2D eigenvalue weighted by molar-refractivity contribution is 6.15. The molecule has 1 atom stereocenters. The Kier molecular flexibility index (Phi) is 3.74. The Morgan fingerprint density at radius 2 is 1.94 bits per heavy atom. The molecule has 0 radical (unpaired) electrons. The van der Waals surface area contributed by atoms with Crippen LogP contribution in [0.1, 0.15) is 38.7 Å². The monoisotopic (exact) mass is 248 g/mol. The van der Waals surface area contributed by atoms with E-state index in [0.717, 1.165) is 23.3 Å². The quantitative estimate of drug-likeness (QED) is 0.747. The van der Waals surface area contributed by atoms with Gasteiger partial charge < -0.3 is 4.74 Å². The molecule has 0 aliphatic carbocycles. The molecule has 1 aromatic carbocycles. The zero-order valence-corrected chi connectivity index (χ0v) is 13.3. The normalized spacial score (nSPS) is 26.0. The van der Waals surface area contributed by atoms with Gasteiger partial charge in [0.15, 0.2) is 0 Å². The van der Waals surface area contributed by atoms with E-state index in [0.29, 0.717) is 0 Å². The van der Waals surface area contributed by atoms with Crippen molar-refractivity contribution < 1.29 is 4.74 Å². The molecule has 1 aromatic rings. The molecule has 2 heteroatoms. The summed E-state index contributed by atoms with van der Waals surface area (Å²) >= 11 is 0. The van der Waals surface area contributed by atoms with Crippen molar-refractivity contribution in [2.24, 2.45) is 5.41 Å². The van der Waals surface area contributed by atoms with Crippen LogP contribution in [0.25, 0.3) is 0 Å². The summed E-state index contributed by atoms with van der Waals surface area (Å²) in [6, 6.07) is 10.8. The van der Waals surface area contributed by atoms with E-state index >= 15 is 0 Å². The van der Waals surface area contributed by atoms with Crippen LogP contribution >= 0.6 is 0 Å². The largest absolute Gasteiger partial charge is 0.379 e. The third-order valence-corrected chi connectivity index (χ3v) is 6.53. The summed E-state index contributed by atoms with van der Waals surface area (Å²) in [6.45, 7) is 5.71. The van der Waals surface area contributed by atoms with Crippen molar-refractivity contribution in [2.45, 2.75) is 44.8 Å². The molecule has 1 nitrogen and oxygen atoms in total. The molecule has 1 heterocycles. The number of hydrogen-bond donors (Lipinski definition) is 0. The van der Waals surface area contributed by atoms with E-state index in [-0.39, 0.29) is 10.6 Å². The first-order valence-corrected chi connectivity index (χ1v) is 7.71. The molecule has 1 unspecified atom stereocenters. The van der Waals surface area contributed by atoms with E-state index in [1.807, 2.05) is 0 Å². The lowest BCUT2D eigenvalue weighted by atomic mass is 9.77. The van der Waals surface area contributed by atoms with Gasteiger partial charge in [0.05, 0.1) is 5.22 Å². The summed E-state index contributed by atoms with van der Waals surface area (Å²) in [6.07, 6.45) is 4.95. The van der Waals surface area contributed by atoms with Gasteiger partial charge in [-0.1, -0.05) is 44.2 Å². The predicted octanol–water partition coefficient (Wildman–Crippen LogP) is 2.52. The third kappa shape index (κ3) is 2.80. The van der Waals surface area contributed by atoms with Crippen molar-refractivity contribution in [3.8, 4) is 0 Å². The Morgan fingerprint density at radius 1 is 1.24 bits per heavy atom. The minimum absolute atomic E-state index is 0.168.